The molecule has 2 aromatic heterocycles. The van der Waals surface area contributed by atoms with Crippen LogP contribution in [-0.4, -0.2) is 15.5 Å². The fourth-order valence-electron chi connectivity index (χ4n) is 3.28. The Hall–Kier alpha value is -2.67. The van der Waals surface area contributed by atoms with Crippen molar-refractivity contribution in [3.8, 4) is 0 Å². The molecular formula is C18H18N4O2S. The van der Waals surface area contributed by atoms with Crippen molar-refractivity contribution >= 4 is 39.1 Å². The molecule has 0 saturated carbocycles. The van der Waals surface area contributed by atoms with E-state index >= 15 is 0 Å². The summed E-state index contributed by atoms with van der Waals surface area (Å²) >= 11 is 1.62. The SMILES string of the molecule is Cn1c(Nc2cccc(C(N)=O)c2)nc2sc3c(c2c1=O)CCCC3. The first-order chi connectivity index (χ1) is 12.0. The zero-order valence-corrected chi connectivity index (χ0v) is 14.7. The number of fused-ring (bicyclic) bond motifs is 3. The normalized spacial score (nSPS) is 13.6. The van der Waals surface area contributed by atoms with Crippen LogP contribution in [-0.2, 0) is 19.9 Å². The molecule has 0 bridgehead atoms. The largest absolute Gasteiger partial charge is 0.366 e. The number of amides is 1. The number of rotatable bonds is 3. The highest BCUT2D eigenvalue weighted by Crippen LogP contribution is 2.34. The van der Waals surface area contributed by atoms with Gasteiger partial charge in [0.2, 0.25) is 11.9 Å². The average molecular weight is 354 g/mol. The minimum Gasteiger partial charge on any atom is -0.366 e. The van der Waals surface area contributed by atoms with E-state index in [1.54, 1.807) is 36.6 Å². The van der Waals surface area contributed by atoms with Gasteiger partial charge in [-0.25, -0.2) is 4.98 Å². The molecule has 0 unspecified atom stereocenters. The van der Waals surface area contributed by atoms with Gasteiger partial charge < -0.3 is 11.1 Å². The summed E-state index contributed by atoms with van der Waals surface area (Å²) in [6, 6.07) is 6.85. The summed E-state index contributed by atoms with van der Waals surface area (Å²) in [5, 5.41) is 3.89. The lowest BCUT2D eigenvalue weighted by Crippen LogP contribution is -2.21. The quantitative estimate of drug-likeness (QED) is 0.757. The lowest BCUT2D eigenvalue weighted by Gasteiger charge is -2.12. The standard InChI is InChI=1S/C18H18N4O2S/c1-22-17(24)14-12-7-2-3-8-13(12)25-16(14)21-18(22)20-11-6-4-5-10(9-11)15(19)23/h4-6,9H,2-3,7-8H2,1H3,(H2,19,23)(H,20,21). The van der Waals surface area contributed by atoms with Crippen LogP contribution in [0.15, 0.2) is 29.1 Å². The van der Waals surface area contributed by atoms with Crippen LogP contribution in [0.1, 0.15) is 33.6 Å². The van der Waals surface area contributed by atoms with Gasteiger partial charge in [-0.3, -0.25) is 14.2 Å². The second kappa shape index (κ2) is 6.00. The number of nitrogens with one attached hydrogen (secondary N) is 1. The van der Waals surface area contributed by atoms with Crippen molar-refractivity contribution in [1.82, 2.24) is 9.55 Å². The summed E-state index contributed by atoms with van der Waals surface area (Å²) in [5.41, 5.74) is 7.55. The first kappa shape index (κ1) is 15.8. The zero-order valence-electron chi connectivity index (χ0n) is 13.8. The Bertz CT molecular complexity index is 1050. The minimum absolute atomic E-state index is 0.0297. The van der Waals surface area contributed by atoms with Crippen molar-refractivity contribution in [2.45, 2.75) is 25.7 Å². The Morgan fingerprint density at radius 3 is 2.92 bits per heavy atom. The number of primary amides is 1. The number of carbonyl (C=O) groups is 1. The van der Waals surface area contributed by atoms with E-state index in [9.17, 15) is 9.59 Å². The smallest absolute Gasteiger partial charge is 0.263 e. The highest BCUT2D eigenvalue weighted by molar-refractivity contribution is 7.18. The summed E-state index contributed by atoms with van der Waals surface area (Å²) < 4.78 is 1.53. The van der Waals surface area contributed by atoms with Gasteiger partial charge >= 0.3 is 0 Å². The Balaban J connectivity index is 1.80. The molecule has 1 aliphatic carbocycles. The number of thiophene rings is 1. The van der Waals surface area contributed by atoms with Crippen LogP contribution in [0.5, 0.6) is 0 Å². The van der Waals surface area contributed by atoms with Crippen molar-refractivity contribution in [3.05, 3.63) is 50.6 Å². The number of aromatic nitrogens is 2. The fraction of sp³-hybridized carbons (Fsp3) is 0.278. The molecule has 3 N–H and O–H groups in total. The van der Waals surface area contributed by atoms with E-state index in [-0.39, 0.29) is 5.56 Å². The van der Waals surface area contributed by atoms with Crippen molar-refractivity contribution in [2.75, 3.05) is 5.32 Å². The summed E-state index contributed by atoms with van der Waals surface area (Å²) in [4.78, 5) is 30.9. The molecule has 0 radical (unpaired) electrons. The van der Waals surface area contributed by atoms with Gasteiger partial charge in [-0.1, -0.05) is 6.07 Å². The maximum Gasteiger partial charge on any atom is 0.263 e. The number of carbonyl (C=O) groups excluding carboxylic acids is 1. The third kappa shape index (κ3) is 2.70. The maximum atomic E-state index is 12.9. The molecule has 0 spiro atoms. The number of nitrogens with two attached hydrogens (primary N) is 1. The molecule has 0 aliphatic heterocycles. The summed E-state index contributed by atoms with van der Waals surface area (Å²) in [6.07, 6.45) is 4.29. The topological polar surface area (TPSA) is 90.0 Å². The molecule has 6 nitrogen and oxygen atoms in total. The van der Waals surface area contributed by atoms with Gasteiger partial charge in [0.15, 0.2) is 0 Å². The maximum absolute atomic E-state index is 12.9. The van der Waals surface area contributed by atoms with Crippen LogP contribution in [0.2, 0.25) is 0 Å². The molecule has 0 saturated heterocycles. The average Bonchev–Trinajstić information content (AvgIpc) is 2.98. The van der Waals surface area contributed by atoms with Crippen LogP contribution in [0.3, 0.4) is 0 Å². The van der Waals surface area contributed by atoms with Crippen molar-refractivity contribution < 1.29 is 4.79 Å². The summed E-state index contributed by atoms with van der Waals surface area (Å²) in [5.74, 6) is -0.0374. The Kier molecular flexibility index (Phi) is 3.80. The molecule has 0 atom stereocenters. The molecule has 25 heavy (non-hydrogen) atoms. The van der Waals surface area contributed by atoms with E-state index in [1.165, 1.54) is 21.4 Å². The van der Waals surface area contributed by atoms with Crippen LogP contribution in [0.4, 0.5) is 11.6 Å². The number of aryl methyl sites for hydroxylation is 2. The second-order valence-electron chi connectivity index (χ2n) is 6.26. The van der Waals surface area contributed by atoms with E-state index in [4.69, 9.17) is 5.73 Å². The van der Waals surface area contributed by atoms with E-state index in [1.807, 2.05) is 6.07 Å². The lowest BCUT2D eigenvalue weighted by molar-refractivity contribution is 0.100. The summed E-state index contributed by atoms with van der Waals surface area (Å²) in [6.45, 7) is 0. The van der Waals surface area contributed by atoms with Gasteiger partial charge in [0.1, 0.15) is 4.83 Å². The van der Waals surface area contributed by atoms with Crippen LogP contribution >= 0.6 is 11.3 Å². The molecule has 2 heterocycles. The van der Waals surface area contributed by atoms with E-state index in [0.29, 0.717) is 17.2 Å². The third-order valence-corrected chi connectivity index (χ3v) is 5.79. The van der Waals surface area contributed by atoms with Gasteiger partial charge in [-0.15, -0.1) is 11.3 Å². The van der Waals surface area contributed by atoms with Gasteiger partial charge in [0.05, 0.1) is 5.39 Å². The Morgan fingerprint density at radius 2 is 2.12 bits per heavy atom. The molecule has 0 fully saturated rings. The van der Waals surface area contributed by atoms with Crippen LogP contribution < -0.4 is 16.6 Å². The number of hydrogen-bond donors (Lipinski definition) is 2. The molecule has 7 heteroatoms. The van der Waals surface area contributed by atoms with Crippen molar-refractivity contribution in [1.29, 1.82) is 0 Å². The van der Waals surface area contributed by atoms with Crippen LogP contribution in [0.25, 0.3) is 10.2 Å². The molecule has 1 aromatic carbocycles. The van der Waals surface area contributed by atoms with Crippen LogP contribution in [0, 0.1) is 0 Å². The Labute approximate surface area is 148 Å². The van der Waals surface area contributed by atoms with Gasteiger partial charge in [-0.2, -0.15) is 0 Å². The first-order valence-electron chi connectivity index (χ1n) is 8.23. The summed E-state index contributed by atoms with van der Waals surface area (Å²) in [7, 11) is 1.71. The predicted molar refractivity (Wildman–Crippen MR) is 99.7 cm³/mol. The molecule has 4 rings (SSSR count). The van der Waals surface area contributed by atoms with E-state index < -0.39 is 5.91 Å². The van der Waals surface area contributed by atoms with Crippen molar-refractivity contribution in [3.63, 3.8) is 0 Å². The number of anilines is 2. The minimum atomic E-state index is -0.494. The highest BCUT2D eigenvalue weighted by Gasteiger charge is 2.21. The molecule has 1 aliphatic rings. The fourth-order valence-corrected chi connectivity index (χ4v) is 4.53. The third-order valence-electron chi connectivity index (χ3n) is 4.60. The molecule has 3 aromatic rings. The predicted octanol–water partition coefficient (Wildman–Crippen LogP) is 2.72. The van der Waals surface area contributed by atoms with Gasteiger partial charge in [0, 0.05) is 23.2 Å². The highest BCUT2D eigenvalue weighted by atomic mass is 32.1. The number of nitrogens with zero attached hydrogens (tertiary/aromatic N) is 2. The monoisotopic (exact) mass is 354 g/mol. The van der Waals surface area contributed by atoms with Gasteiger partial charge in [0.25, 0.3) is 5.56 Å². The Morgan fingerprint density at radius 1 is 1.32 bits per heavy atom. The molecular weight excluding hydrogens is 336 g/mol. The number of hydrogen-bond acceptors (Lipinski definition) is 5. The van der Waals surface area contributed by atoms with E-state index in [0.717, 1.165) is 29.5 Å². The first-order valence-corrected chi connectivity index (χ1v) is 9.04. The van der Waals surface area contributed by atoms with Crippen molar-refractivity contribution in [2.24, 2.45) is 12.8 Å². The van der Waals surface area contributed by atoms with E-state index in [2.05, 4.69) is 10.3 Å². The zero-order chi connectivity index (χ0) is 17.6. The lowest BCUT2D eigenvalue weighted by atomic mass is 9.97. The molecule has 128 valence electrons. The number of benzene rings is 1. The second-order valence-corrected chi connectivity index (χ2v) is 7.34. The molecule has 1 amide bonds. The van der Waals surface area contributed by atoms with Gasteiger partial charge in [-0.05, 0) is 49.4 Å².